The summed E-state index contributed by atoms with van der Waals surface area (Å²) in [7, 11) is 1.36. The Hall–Kier alpha value is -2.27. The molecule has 3 N–H and O–H groups in total. The standard InChI is InChI=1S/C14H15N3O2/c1-8-6-16-12-4-9-3-10(14(18)19-2)7-17(15)13(9)5-11(8)12/h3,5-7,16H,4,15H2,1-2H3. The van der Waals surface area contributed by atoms with Gasteiger partial charge in [0.15, 0.2) is 0 Å². The molecule has 0 bridgehead atoms. The number of ether oxygens (including phenoxy) is 1. The van der Waals surface area contributed by atoms with Crippen molar-refractivity contribution in [3.63, 3.8) is 0 Å². The summed E-state index contributed by atoms with van der Waals surface area (Å²) in [4.78, 5) is 14.8. The van der Waals surface area contributed by atoms with Crippen LogP contribution in [0.15, 0.2) is 35.3 Å². The predicted molar refractivity (Wildman–Crippen MR) is 71.4 cm³/mol. The number of aromatic amines is 1. The topological polar surface area (TPSA) is 71.3 Å². The van der Waals surface area contributed by atoms with Crippen LogP contribution in [0.1, 0.15) is 16.8 Å². The molecule has 0 unspecified atom stereocenters. The van der Waals surface area contributed by atoms with Crippen LogP contribution in [-0.2, 0) is 16.0 Å². The summed E-state index contributed by atoms with van der Waals surface area (Å²) in [6.07, 6.45) is 8.18. The number of aromatic nitrogens is 1. The van der Waals surface area contributed by atoms with E-state index in [4.69, 9.17) is 10.6 Å². The lowest BCUT2D eigenvalue weighted by atomic mass is 9.92. The summed E-state index contributed by atoms with van der Waals surface area (Å²) in [6.45, 7) is 2.06. The first-order valence-electron chi connectivity index (χ1n) is 6.03. The van der Waals surface area contributed by atoms with Crippen LogP contribution in [-0.4, -0.2) is 23.1 Å². The molecular formula is C14H15N3O2. The van der Waals surface area contributed by atoms with Gasteiger partial charge in [-0.3, -0.25) is 5.01 Å². The van der Waals surface area contributed by atoms with Crippen molar-refractivity contribution in [3.8, 4) is 0 Å². The zero-order chi connectivity index (χ0) is 13.6. The van der Waals surface area contributed by atoms with Gasteiger partial charge in [-0.05, 0) is 30.2 Å². The van der Waals surface area contributed by atoms with Gasteiger partial charge in [0.25, 0.3) is 0 Å². The summed E-state index contributed by atoms with van der Waals surface area (Å²) in [6, 6.07) is 0. The van der Waals surface area contributed by atoms with Crippen LogP contribution in [0.2, 0.25) is 0 Å². The third-order valence-electron chi connectivity index (χ3n) is 3.50. The number of aryl methyl sites for hydroxylation is 1. The third-order valence-corrected chi connectivity index (χ3v) is 3.50. The van der Waals surface area contributed by atoms with E-state index in [2.05, 4.69) is 11.9 Å². The fraction of sp³-hybridized carbons (Fsp3) is 0.214. The fourth-order valence-electron chi connectivity index (χ4n) is 2.49. The molecule has 1 aromatic heterocycles. The second-order valence-corrected chi connectivity index (χ2v) is 4.72. The summed E-state index contributed by atoms with van der Waals surface area (Å²) >= 11 is 0. The summed E-state index contributed by atoms with van der Waals surface area (Å²) < 4.78 is 4.73. The summed E-state index contributed by atoms with van der Waals surface area (Å²) in [5.74, 6) is 5.60. The monoisotopic (exact) mass is 257 g/mol. The molecule has 2 heterocycles. The quantitative estimate of drug-likeness (QED) is 0.589. The molecule has 0 fully saturated rings. The van der Waals surface area contributed by atoms with E-state index >= 15 is 0 Å². The number of fused-ring (bicyclic) bond motifs is 2. The molecule has 0 aromatic carbocycles. The number of rotatable bonds is 1. The lowest BCUT2D eigenvalue weighted by Gasteiger charge is -2.28. The van der Waals surface area contributed by atoms with Crippen molar-refractivity contribution < 1.29 is 9.53 Å². The van der Waals surface area contributed by atoms with Gasteiger partial charge < -0.3 is 9.72 Å². The second kappa shape index (κ2) is 4.13. The molecular weight excluding hydrogens is 242 g/mol. The van der Waals surface area contributed by atoms with E-state index in [0.717, 1.165) is 23.4 Å². The molecule has 5 nitrogen and oxygen atoms in total. The molecule has 19 heavy (non-hydrogen) atoms. The highest BCUT2D eigenvalue weighted by molar-refractivity contribution is 5.92. The normalized spacial score (nSPS) is 17.0. The number of hydrogen-bond acceptors (Lipinski definition) is 4. The maximum absolute atomic E-state index is 11.6. The largest absolute Gasteiger partial charge is 0.465 e. The first-order valence-corrected chi connectivity index (χ1v) is 6.03. The average Bonchev–Trinajstić information content (AvgIpc) is 2.77. The van der Waals surface area contributed by atoms with Gasteiger partial charge in [-0.15, -0.1) is 0 Å². The highest BCUT2D eigenvalue weighted by Gasteiger charge is 2.25. The number of esters is 1. The Bertz CT molecular complexity index is 650. The van der Waals surface area contributed by atoms with Crippen LogP contribution in [0, 0.1) is 6.92 Å². The van der Waals surface area contributed by atoms with E-state index in [1.165, 1.54) is 23.2 Å². The van der Waals surface area contributed by atoms with E-state index < -0.39 is 0 Å². The molecule has 98 valence electrons. The minimum atomic E-state index is -0.379. The smallest absolute Gasteiger partial charge is 0.339 e. The van der Waals surface area contributed by atoms with E-state index in [1.807, 2.05) is 18.3 Å². The van der Waals surface area contributed by atoms with Gasteiger partial charge in [0.2, 0.25) is 0 Å². The van der Waals surface area contributed by atoms with Crippen LogP contribution in [0.5, 0.6) is 0 Å². The molecule has 2 aliphatic rings. The maximum Gasteiger partial charge on any atom is 0.339 e. The van der Waals surface area contributed by atoms with E-state index in [0.29, 0.717) is 5.57 Å². The zero-order valence-corrected chi connectivity index (χ0v) is 10.9. The molecule has 1 aromatic rings. The van der Waals surface area contributed by atoms with Crippen molar-refractivity contribution in [1.82, 2.24) is 9.99 Å². The van der Waals surface area contributed by atoms with Gasteiger partial charge in [-0.25, -0.2) is 10.6 Å². The van der Waals surface area contributed by atoms with Crippen molar-refractivity contribution in [2.45, 2.75) is 13.3 Å². The highest BCUT2D eigenvalue weighted by Crippen LogP contribution is 2.33. The second-order valence-electron chi connectivity index (χ2n) is 4.72. The fourth-order valence-corrected chi connectivity index (χ4v) is 2.49. The van der Waals surface area contributed by atoms with E-state index in [1.54, 1.807) is 6.20 Å². The van der Waals surface area contributed by atoms with Crippen LogP contribution in [0.25, 0.3) is 6.08 Å². The Balaban J connectivity index is 2.05. The molecule has 5 heteroatoms. The van der Waals surface area contributed by atoms with Crippen LogP contribution in [0.4, 0.5) is 0 Å². The Labute approximate surface area is 111 Å². The lowest BCUT2D eigenvalue weighted by molar-refractivity contribution is -0.135. The van der Waals surface area contributed by atoms with Gasteiger partial charge in [-0.1, -0.05) is 0 Å². The van der Waals surface area contributed by atoms with Gasteiger partial charge in [0.1, 0.15) is 0 Å². The number of hydrogen-bond donors (Lipinski definition) is 2. The van der Waals surface area contributed by atoms with Crippen LogP contribution in [0.3, 0.4) is 0 Å². The molecule has 1 aliphatic carbocycles. The minimum absolute atomic E-state index is 0.379. The van der Waals surface area contributed by atoms with Crippen molar-refractivity contribution in [2.24, 2.45) is 5.84 Å². The average molecular weight is 257 g/mol. The highest BCUT2D eigenvalue weighted by atomic mass is 16.5. The number of nitrogens with zero attached hydrogens (tertiary/aromatic N) is 1. The molecule has 0 saturated carbocycles. The van der Waals surface area contributed by atoms with E-state index in [9.17, 15) is 4.79 Å². The van der Waals surface area contributed by atoms with Crippen molar-refractivity contribution >= 4 is 12.0 Å². The lowest BCUT2D eigenvalue weighted by Crippen LogP contribution is -2.31. The molecule has 0 radical (unpaired) electrons. The number of carbonyl (C=O) groups is 1. The Kier molecular flexibility index (Phi) is 2.57. The third kappa shape index (κ3) is 1.79. The van der Waals surface area contributed by atoms with Gasteiger partial charge >= 0.3 is 5.97 Å². The first kappa shape index (κ1) is 11.8. The molecule has 0 amide bonds. The maximum atomic E-state index is 11.6. The number of allylic oxidation sites excluding steroid dienone is 1. The number of carbonyl (C=O) groups excluding carboxylic acids is 1. The molecule has 0 spiro atoms. The first-order chi connectivity index (χ1) is 9.10. The number of nitrogens with one attached hydrogen (secondary N) is 1. The number of hydrazine groups is 1. The summed E-state index contributed by atoms with van der Waals surface area (Å²) in [5, 5.41) is 1.48. The summed E-state index contributed by atoms with van der Waals surface area (Å²) in [5.41, 5.74) is 5.91. The van der Waals surface area contributed by atoms with E-state index in [-0.39, 0.29) is 5.97 Å². The van der Waals surface area contributed by atoms with Gasteiger partial charge in [0, 0.05) is 30.1 Å². The van der Waals surface area contributed by atoms with Crippen LogP contribution >= 0.6 is 0 Å². The van der Waals surface area contributed by atoms with Crippen molar-refractivity contribution in [2.75, 3.05) is 7.11 Å². The minimum Gasteiger partial charge on any atom is -0.465 e. The molecule has 0 saturated heterocycles. The Morgan fingerprint density at radius 2 is 2.26 bits per heavy atom. The van der Waals surface area contributed by atoms with Gasteiger partial charge in [-0.2, -0.15) is 0 Å². The SMILES string of the molecule is COC(=O)C1=CN(N)C2=Cc3c(C)c[nH]c3CC2=C1. The predicted octanol–water partition coefficient (Wildman–Crippen LogP) is 1.39. The number of methoxy groups -OCH3 is 1. The molecule has 3 rings (SSSR count). The van der Waals surface area contributed by atoms with Crippen molar-refractivity contribution in [1.29, 1.82) is 0 Å². The zero-order valence-electron chi connectivity index (χ0n) is 10.9. The molecule has 1 aliphatic heterocycles. The van der Waals surface area contributed by atoms with Crippen molar-refractivity contribution in [3.05, 3.63) is 52.1 Å². The Morgan fingerprint density at radius 3 is 3.00 bits per heavy atom. The molecule has 0 atom stereocenters. The number of H-pyrrole nitrogens is 1. The Morgan fingerprint density at radius 1 is 1.47 bits per heavy atom. The van der Waals surface area contributed by atoms with Crippen LogP contribution < -0.4 is 5.84 Å². The van der Waals surface area contributed by atoms with Gasteiger partial charge in [0.05, 0.1) is 18.4 Å². The number of nitrogens with two attached hydrogens (primary N) is 1.